The molecule has 0 aromatic carbocycles. The van der Waals surface area contributed by atoms with E-state index in [4.69, 9.17) is 0 Å². The molecule has 0 N–H and O–H groups in total. The molecule has 0 spiro atoms. The van der Waals surface area contributed by atoms with Gasteiger partial charge in [-0.3, -0.25) is 0 Å². The lowest BCUT2D eigenvalue weighted by molar-refractivity contribution is 0.185. The summed E-state index contributed by atoms with van der Waals surface area (Å²) in [4.78, 5) is 0. The highest BCUT2D eigenvalue weighted by Crippen LogP contribution is 1.98. The molecular weight excluding hydrogens is 124 g/mol. The van der Waals surface area contributed by atoms with Gasteiger partial charge in [-0.25, -0.2) is 17.6 Å². The van der Waals surface area contributed by atoms with Gasteiger partial charge in [-0.15, -0.1) is 0 Å². The van der Waals surface area contributed by atoms with E-state index in [1.165, 1.54) is 0 Å². The zero-order valence-corrected chi connectivity index (χ0v) is 3.82. The standard InChI is InChI=1S/C4H4F4/c5-3(6)1-2-4(7)8/h1-4H/b2-1+. The van der Waals surface area contributed by atoms with E-state index in [0.29, 0.717) is 0 Å². The Labute approximate surface area is 43.8 Å². The van der Waals surface area contributed by atoms with Gasteiger partial charge in [0.05, 0.1) is 0 Å². The van der Waals surface area contributed by atoms with E-state index in [0.717, 1.165) is 0 Å². The molecule has 0 aromatic rings. The van der Waals surface area contributed by atoms with Crippen molar-refractivity contribution in [1.82, 2.24) is 0 Å². The van der Waals surface area contributed by atoms with Crippen LogP contribution in [0.5, 0.6) is 0 Å². The molecule has 0 nitrogen and oxygen atoms in total. The van der Waals surface area contributed by atoms with Crippen molar-refractivity contribution in [1.29, 1.82) is 0 Å². The highest BCUT2D eigenvalue weighted by Gasteiger charge is 1.97. The number of alkyl halides is 4. The van der Waals surface area contributed by atoms with Crippen LogP contribution >= 0.6 is 0 Å². The van der Waals surface area contributed by atoms with Crippen LogP contribution in [0.15, 0.2) is 12.2 Å². The third-order valence-electron chi connectivity index (χ3n) is 0.402. The van der Waals surface area contributed by atoms with Gasteiger partial charge in [-0.2, -0.15) is 0 Å². The summed E-state index contributed by atoms with van der Waals surface area (Å²) < 4.78 is 43.9. The normalized spacial score (nSPS) is 12.2. The van der Waals surface area contributed by atoms with Crippen molar-refractivity contribution < 1.29 is 17.6 Å². The number of hydrogen-bond acceptors (Lipinski definition) is 0. The molecule has 4 heteroatoms. The molecule has 0 saturated heterocycles. The molecule has 0 fully saturated rings. The summed E-state index contributed by atoms with van der Waals surface area (Å²) >= 11 is 0. The van der Waals surface area contributed by atoms with Crippen LogP contribution in [0, 0.1) is 0 Å². The van der Waals surface area contributed by atoms with Crippen LogP contribution < -0.4 is 0 Å². The van der Waals surface area contributed by atoms with Gasteiger partial charge >= 0.3 is 0 Å². The molecule has 0 aliphatic rings. The number of hydrogen-bond donors (Lipinski definition) is 0. The molecule has 0 aliphatic heterocycles. The van der Waals surface area contributed by atoms with Crippen LogP contribution in [-0.4, -0.2) is 12.9 Å². The number of allylic oxidation sites excluding steroid dienone is 2. The van der Waals surface area contributed by atoms with Crippen molar-refractivity contribution in [3.63, 3.8) is 0 Å². The third-order valence-corrected chi connectivity index (χ3v) is 0.402. The molecule has 8 heavy (non-hydrogen) atoms. The minimum atomic E-state index is -2.77. The van der Waals surface area contributed by atoms with E-state index >= 15 is 0 Å². The third kappa shape index (κ3) is 5.46. The number of halogens is 4. The average Bonchev–Trinajstić information content (AvgIpc) is 1.61. The van der Waals surface area contributed by atoms with Crippen LogP contribution in [0.2, 0.25) is 0 Å². The summed E-state index contributed by atoms with van der Waals surface area (Å²) in [6, 6.07) is 0. The minimum Gasteiger partial charge on any atom is -0.206 e. The Bertz CT molecular complexity index is 66.1. The van der Waals surface area contributed by atoms with Gasteiger partial charge in [0.15, 0.2) is 0 Å². The smallest absolute Gasteiger partial charge is 0.206 e. The van der Waals surface area contributed by atoms with Gasteiger partial charge < -0.3 is 0 Å². The van der Waals surface area contributed by atoms with Gasteiger partial charge in [0.2, 0.25) is 0 Å². The zero-order valence-electron chi connectivity index (χ0n) is 3.82. The van der Waals surface area contributed by atoms with E-state index < -0.39 is 12.9 Å². The maximum Gasteiger partial charge on any atom is 0.257 e. The molecule has 0 unspecified atom stereocenters. The lowest BCUT2D eigenvalue weighted by Crippen LogP contribution is -1.85. The summed E-state index contributed by atoms with van der Waals surface area (Å²) in [7, 11) is 0. The van der Waals surface area contributed by atoms with Crippen molar-refractivity contribution in [3.05, 3.63) is 12.2 Å². The van der Waals surface area contributed by atoms with Gasteiger partial charge in [0.25, 0.3) is 12.9 Å². The predicted molar refractivity (Wildman–Crippen MR) is 21.1 cm³/mol. The Morgan fingerprint density at radius 1 is 0.750 bits per heavy atom. The molecule has 0 saturated carbocycles. The summed E-state index contributed by atoms with van der Waals surface area (Å²) in [5.74, 6) is 0. The summed E-state index contributed by atoms with van der Waals surface area (Å²) in [6.07, 6.45) is -5.23. The molecule has 0 aliphatic carbocycles. The molecule has 48 valence electrons. The Kier molecular flexibility index (Phi) is 3.23. The van der Waals surface area contributed by atoms with E-state index in [9.17, 15) is 17.6 Å². The second-order valence-corrected chi connectivity index (χ2v) is 1.05. The highest BCUT2D eigenvalue weighted by molar-refractivity contribution is 4.85. The Balaban J connectivity index is 3.34. The van der Waals surface area contributed by atoms with E-state index in [2.05, 4.69) is 0 Å². The van der Waals surface area contributed by atoms with Crippen LogP contribution in [0.25, 0.3) is 0 Å². The predicted octanol–water partition coefficient (Wildman–Crippen LogP) is 2.07. The SMILES string of the molecule is FC(F)/C=C/C(F)F. The molecule has 0 radical (unpaired) electrons. The van der Waals surface area contributed by atoms with Crippen LogP contribution in [-0.2, 0) is 0 Å². The van der Waals surface area contributed by atoms with Crippen molar-refractivity contribution in [3.8, 4) is 0 Å². The number of rotatable bonds is 2. The van der Waals surface area contributed by atoms with E-state index in [-0.39, 0.29) is 12.2 Å². The lowest BCUT2D eigenvalue weighted by Gasteiger charge is -1.85. The summed E-state index contributed by atoms with van der Waals surface area (Å²) in [5.41, 5.74) is 0. The van der Waals surface area contributed by atoms with Crippen LogP contribution in [0.1, 0.15) is 0 Å². The maximum atomic E-state index is 11.0. The quantitative estimate of drug-likeness (QED) is 0.394. The fourth-order valence-electron chi connectivity index (χ4n) is 0.168. The van der Waals surface area contributed by atoms with Gasteiger partial charge in [0.1, 0.15) is 0 Å². The van der Waals surface area contributed by atoms with Crippen LogP contribution in [0.4, 0.5) is 17.6 Å². The molecule has 0 aromatic heterocycles. The molecule has 0 heterocycles. The fraction of sp³-hybridized carbons (Fsp3) is 0.500. The first-order valence-electron chi connectivity index (χ1n) is 1.87. The first kappa shape index (κ1) is 7.46. The zero-order chi connectivity index (χ0) is 6.57. The maximum absolute atomic E-state index is 11.0. The Morgan fingerprint density at radius 3 is 1.12 bits per heavy atom. The van der Waals surface area contributed by atoms with Gasteiger partial charge in [0, 0.05) is 0 Å². The van der Waals surface area contributed by atoms with Crippen molar-refractivity contribution in [2.75, 3.05) is 0 Å². The van der Waals surface area contributed by atoms with Crippen LogP contribution in [0.3, 0.4) is 0 Å². The van der Waals surface area contributed by atoms with Crippen molar-refractivity contribution in [2.24, 2.45) is 0 Å². The first-order valence-corrected chi connectivity index (χ1v) is 1.87. The highest BCUT2D eigenvalue weighted by atomic mass is 19.3. The first-order chi connectivity index (χ1) is 3.63. The molecule has 0 atom stereocenters. The second kappa shape index (κ2) is 3.46. The minimum absolute atomic E-state index is 0.157. The van der Waals surface area contributed by atoms with Crippen molar-refractivity contribution in [2.45, 2.75) is 12.9 Å². The summed E-state index contributed by atoms with van der Waals surface area (Å²) in [6.45, 7) is 0. The van der Waals surface area contributed by atoms with E-state index in [1.54, 1.807) is 0 Å². The second-order valence-electron chi connectivity index (χ2n) is 1.05. The molecule has 0 bridgehead atoms. The monoisotopic (exact) mass is 128 g/mol. The summed E-state index contributed by atoms with van der Waals surface area (Å²) in [5, 5.41) is 0. The van der Waals surface area contributed by atoms with Gasteiger partial charge in [-0.05, 0) is 12.2 Å². The lowest BCUT2D eigenvalue weighted by atomic mass is 10.5. The molecule has 0 amide bonds. The average molecular weight is 128 g/mol. The molecular formula is C4H4F4. The largest absolute Gasteiger partial charge is 0.257 e. The molecule has 0 rings (SSSR count). The Morgan fingerprint density at radius 2 is 1.00 bits per heavy atom. The van der Waals surface area contributed by atoms with Crippen molar-refractivity contribution >= 4 is 0 Å². The van der Waals surface area contributed by atoms with E-state index in [1.807, 2.05) is 0 Å². The topological polar surface area (TPSA) is 0 Å². The fourth-order valence-corrected chi connectivity index (χ4v) is 0.168. The van der Waals surface area contributed by atoms with Gasteiger partial charge in [-0.1, -0.05) is 0 Å². The Hall–Kier alpha value is -0.540.